The molecule has 0 aliphatic heterocycles. The fraction of sp³-hybridized carbons (Fsp3) is 0.130. The molecule has 1 amide bonds. The van der Waals surface area contributed by atoms with Crippen LogP contribution in [0.2, 0.25) is 10.0 Å². The van der Waals surface area contributed by atoms with Crippen molar-refractivity contribution in [3.8, 4) is 0 Å². The molecular formula is C23H19Cl2N5O3. The first-order valence-electron chi connectivity index (χ1n) is 10.0. The van der Waals surface area contributed by atoms with E-state index < -0.39 is 23.7 Å². The van der Waals surface area contributed by atoms with Crippen LogP contribution in [0.4, 0.5) is 5.82 Å². The Morgan fingerprint density at radius 3 is 2.52 bits per heavy atom. The second kappa shape index (κ2) is 9.89. The lowest BCUT2D eigenvalue weighted by Gasteiger charge is -2.12. The van der Waals surface area contributed by atoms with Crippen LogP contribution in [0.25, 0.3) is 0 Å². The topological polar surface area (TPSA) is 90.9 Å². The maximum Gasteiger partial charge on any atom is 0.331 e. The standard InChI is InChI=1S/C23H19Cl2N5O3/c24-18-7-6-17(19(25)12-18)14-30-20(8-10-26-30)27-21(31)15-29-22(32)9-11-28(23(29)33)13-16-4-2-1-3-5-16/h1-12H,13-15H2,(H,27,31). The van der Waals surface area contributed by atoms with Crippen molar-refractivity contribution in [3.05, 3.63) is 115 Å². The number of carbonyl (C=O) groups excluding carboxylic acids is 1. The number of carbonyl (C=O) groups is 1. The summed E-state index contributed by atoms with van der Waals surface area (Å²) in [6.45, 7) is 0.157. The minimum atomic E-state index is -0.567. The van der Waals surface area contributed by atoms with Gasteiger partial charge in [-0.2, -0.15) is 5.10 Å². The highest BCUT2D eigenvalue weighted by atomic mass is 35.5. The Bertz CT molecular complexity index is 1410. The van der Waals surface area contributed by atoms with E-state index in [1.807, 2.05) is 30.3 Å². The minimum absolute atomic E-state index is 0.288. The SMILES string of the molecule is O=C(Cn1c(=O)ccn(Cc2ccccc2)c1=O)Nc1ccnn1Cc1ccc(Cl)cc1Cl. The van der Waals surface area contributed by atoms with Gasteiger partial charge in [0.2, 0.25) is 5.91 Å². The predicted molar refractivity (Wildman–Crippen MR) is 127 cm³/mol. The number of rotatable bonds is 7. The van der Waals surface area contributed by atoms with E-state index in [4.69, 9.17) is 23.2 Å². The van der Waals surface area contributed by atoms with Gasteiger partial charge in [-0.1, -0.05) is 59.6 Å². The maximum atomic E-state index is 12.8. The molecule has 0 bridgehead atoms. The smallest absolute Gasteiger partial charge is 0.309 e. The van der Waals surface area contributed by atoms with Crippen LogP contribution in [0.1, 0.15) is 11.1 Å². The maximum absolute atomic E-state index is 12.8. The molecule has 33 heavy (non-hydrogen) atoms. The van der Waals surface area contributed by atoms with Gasteiger partial charge in [0.1, 0.15) is 12.4 Å². The number of nitrogens with zero attached hydrogens (tertiary/aromatic N) is 4. The Morgan fingerprint density at radius 1 is 0.970 bits per heavy atom. The zero-order chi connectivity index (χ0) is 23.4. The van der Waals surface area contributed by atoms with Gasteiger partial charge in [0.25, 0.3) is 5.56 Å². The number of hydrogen-bond acceptors (Lipinski definition) is 4. The first-order valence-corrected chi connectivity index (χ1v) is 10.8. The molecule has 10 heteroatoms. The van der Waals surface area contributed by atoms with Gasteiger partial charge in [-0.25, -0.2) is 9.48 Å². The quantitative estimate of drug-likeness (QED) is 0.436. The molecule has 0 fully saturated rings. The first-order chi connectivity index (χ1) is 15.9. The molecule has 0 saturated carbocycles. The van der Waals surface area contributed by atoms with E-state index >= 15 is 0 Å². The van der Waals surface area contributed by atoms with Crippen molar-refractivity contribution >= 4 is 34.9 Å². The largest absolute Gasteiger partial charge is 0.331 e. The highest BCUT2D eigenvalue weighted by molar-refractivity contribution is 6.35. The Balaban J connectivity index is 1.50. The molecule has 0 radical (unpaired) electrons. The Labute approximate surface area is 198 Å². The number of amides is 1. The number of hydrogen-bond donors (Lipinski definition) is 1. The molecule has 0 aliphatic carbocycles. The summed E-state index contributed by atoms with van der Waals surface area (Å²) in [7, 11) is 0. The van der Waals surface area contributed by atoms with Crippen molar-refractivity contribution in [2.24, 2.45) is 0 Å². The number of anilines is 1. The second-order valence-corrected chi connectivity index (χ2v) is 8.14. The minimum Gasteiger partial charge on any atom is -0.309 e. The summed E-state index contributed by atoms with van der Waals surface area (Å²) in [6, 6.07) is 17.4. The highest BCUT2D eigenvalue weighted by Crippen LogP contribution is 2.22. The van der Waals surface area contributed by atoms with E-state index in [2.05, 4.69) is 10.4 Å². The molecule has 2 aromatic carbocycles. The summed E-state index contributed by atoms with van der Waals surface area (Å²) >= 11 is 12.2. The number of halogens is 2. The molecule has 1 N–H and O–H groups in total. The van der Waals surface area contributed by atoms with Gasteiger partial charge in [-0.15, -0.1) is 0 Å². The molecule has 0 saturated heterocycles. The van der Waals surface area contributed by atoms with Crippen LogP contribution in [-0.4, -0.2) is 24.8 Å². The fourth-order valence-corrected chi connectivity index (χ4v) is 3.77. The molecule has 0 aliphatic rings. The Kier molecular flexibility index (Phi) is 6.76. The number of benzene rings is 2. The third-order valence-electron chi connectivity index (χ3n) is 4.96. The van der Waals surface area contributed by atoms with Crippen molar-refractivity contribution < 1.29 is 4.79 Å². The normalized spacial score (nSPS) is 10.8. The van der Waals surface area contributed by atoms with Gasteiger partial charge in [0.05, 0.1) is 19.3 Å². The van der Waals surface area contributed by atoms with Crippen molar-refractivity contribution in [3.63, 3.8) is 0 Å². The van der Waals surface area contributed by atoms with E-state index in [1.54, 1.807) is 28.9 Å². The summed E-state index contributed by atoms with van der Waals surface area (Å²) in [5.74, 6) is -0.129. The van der Waals surface area contributed by atoms with Crippen LogP contribution in [0.5, 0.6) is 0 Å². The van der Waals surface area contributed by atoms with Gasteiger partial charge in [-0.05, 0) is 23.3 Å². The Morgan fingerprint density at radius 2 is 1.76 bits per heavy atom. The second-order valence-electron chi connectivity index (χ2n) is 7.29. The molecule has 2 aromatic heterocycles. The van der Waals surface area contributed by atoms with Crippen molar-refractivity contribution in [2.75, 3.05) is 5.32 Å². The van der Waals surface area contributed by atoms with Crippen LogP contribution in [0.15, 0.2) is 82.6 Å². The lowest BCUT2D eigenvalue weighted by atomic mass is 10.2. The molecule has 0 spiro atoms. The number of aromatic nitrogens is 4. The summed E-state index contributed by atoms with van der Waals surface area (Å²) in [6.07, 6.45) is 2.96. The summed E-state index contributed by atoms with van der Waals surface area (Å²) in [5.41, 5.74) is 0.547. The van der Waals surface area contributed by atoms with E-state index in [9.17, 15) is 14.4 Å². The van der Waals surface area contributed by atoms with Gasteiger partial charge < -0.3 is 5.32 Å². The molecule has 0 unspecified atom stereocenters. The van der Waals surface area contributed by atoms with Crippen LogP contribution >= 0.6 is 23.2 Å². The van der Waals surface area contributed by atoms with Crippen LogP contribution in [0, 0.1) is 0 Å². The third-order valence-corrected chi connectivity index (χ3v) is 5.54. The molecule has 168 valence electrons. The lowest BCUT2D eigenvalue weighted by Crippen LogP contribution is -2.42. The predicted octanol–water partition coefficient (Wildman–Crippen LogP) is 3.25. The molecule has 4 aromatic rings. The monoisotopic (exact) mass is 483 g/mol. The third kappa shape index (κ3) is 5.42. The molecule has 2 heterocycles. The summed E-state index contributed by atoms with van der Waals surface area (Å²) < 4.78 is 3.83. The van der Waals surface area contributed by atoms with E-state index in [0.717, 1.165) is 15.7 Å². The van der Waals surface area contributed by atoms with Crippen molar-refractivity contribution in [2.45, 2.75) is 19.6 Å². The average Bonchev–Trinajstić information content (AvgIpc) is 3.22. The highest BCUT2D eigenvalue weighted by Gasteiger charge is 2.13. The average molecular weight is 484 g/mol. The Hall–Kier alpha value is -3.62. The van der Waals surface area contributed by atoms with Gasteiger partial charge in [-0.3, -0.25) is 18.7 Å². The molecule has 8 nitrogen and oxygen atoms in total. The van der Waals surface area contributed by atoms with Crippen LogP contribution in [0.3, 0.4) is 0 Å². The van der Waals surface area contributed by atoms with Crippen molar-refractivity contribution in [1.29, 1.82) is 0 Å². The zero-order valence-corrected chi connectivity index (χ0v) is 18.8. The van der Waals surface area contributed by atoms with E-state index in [1.165, 1.54) is 23.0 Å². The zero-order valence-electron chi connectivity index (χ0n) is 17.3. The molecule has 4 rings (SSSR count). The van der Waals surface area contributed by atoms with E-state index in [-0.39, 0.29) is 6.54 Å². The fourth-order valence-electron chi connectivity index (χ4n) is 3.30. The van der Waals surface area contributed by atoms with Crippen molar-refractivity contribution in [1.82, 2.24) is 18.9 Å². The number of nitrogens with one attached hydrogen (secondary N) is 1. The first kappa shape index (κ1) is 22.6. The van der Waals surface area contributed by atoms with Gasteiger partial charge in [0.15, 0.2) is 0 Å². The lowest BCUT2D eigenvalue weighted by molar-refractivity contribution is -0.116. The molecule has 0 atom stereocenters. The molecular weight excluding hydrogens is 465 g/mol. The summed E-state index contributed by atoms with van der Waals surface area (Å²) in [4.78, 5) is 37.8. The summed E-state index contributed by atoms with van der Waals surface area (Å²) in [5, 5.41) is 7.90. The van der Waals surface area contributed by atoms with Gasteiger partial charge >= 0.3 is 5.69 Å². The van der Waals surface area contributed by atoms with Crippen LogP contribution < -0.4 is 16.6 Å². The van der Waals surface area contributed by atoms with Crippen LogP contribution in [-0.2, 0) is 24.4 Å². The van der Waals surface area contributed by atoms with Gasteiger partial charge in [0, 0.05) is 28.4 Å². The van der Waals surface area contributed by atoms with E-state index in [0.29, 0.717) is 22.4 Å².